The maximum Gasteiger partial charge on any atom is 0.255 e. The average molecular weight is 644 g/mol. The van der Waals surface area contributed by atoms with Gasteiger partial charge in [0.1, 0.15) is 22.3 Å². The largest absolute Gasteiger partial charge is 0.467 e. The molecule has 3 heterocycles. The van der Waals surface area contributed by atoms with Crippen molar-refractivity contribution in [3.8, 4) is 11.3 Å². The van der Waals surface area contributed by atoms with E-state index in [-0.39, 0.29) is 11.3 Å². The number of furan rings is 2. The highest BCUT2D eigenvalue weighted by Gasteiger charge is 2.33. The van der Waals surface area contributed by atoms with Crippen LogP contribution in [0, 0.1) is 11.3 Å². The van der Waals surface area contributed by atoms with Crippen LogP contribution in [0.4, 0.5) is 5.00 Å². The van der Waals surface area contributed by atoms with Gasteiger partial charge in [0.2, 0.25) is 0 Å². The van der Waals surface area contributed by atoms with Gasteiger partial charge in [-0.15, -0.1) is 11.3 Å². The summed E-state index contributed by atoms with van der Waals surface area (Å²) in [5, 5.41) is 3.74. The molecule has 0 saturated carbocycles. The van der Waals surface area contributed by atoms with Crippen LogP contribution in [0.15, 0.2) is 71.5 Å². The summed E-state index contributed by atoms with van der Waals surface area (Å²) in [6.07, 6.45) is 6.24. The number of aliphatic imine (C=N–C) groups is 1. The van der Waals surface area contributed by atoms with Crippen molar-refractivity contribution in [2.75, 3.05) is 0 Å². The van der Waals surface area contributed by atoms with Crippen molar-refractivity contribution in [2.45, 2.75) is 46.6 Å². The molecular formula is C29H28Br2N2O3S. The number of halogens is 2. The Kier molecular flexibility index (Phi) is 7.61. The lowest BCUT2D eigenvalue weighted by atomic mass is 9.72. The van der Waals surface area contributed by atoms with Crippen LogP contribution in [-0.2, 0) is 19.4 Å². The zero-order valence-corrected chi connectivity index (χ0v) is 24.9. The topological polar surface area (TPSA) is 67.7 Å². The van der Waals surface area contributed by atoms with Gasteiger partial charge in [-0.3, -0.25) is 4.79 Å². The molecule has 1 atom stereocenters. The lowest BCUT2D eigenvalue weighted by Crippen LogP contribution is -2.28. The number of benzene rings is 1. The van der Waals surface area contributed by atoms with Crippen LogP contribution in [0.25, 0.3) is 11.3 Å². The summed E-state index contributed by atoms with van der Waals surface area (Å²) in [7, 11) is 0. The van der Waals surface area contributed by atoms with Gasteiger partial charge in [-0.05, 0) is 78.6 Å². The molecule has 1 amide bonds. The van der Waals surface area contributed by atoms with E-state index in [1.54, 1.807) is 23.8 Å². The fourth-order valence-corrected chi connectivity index (χ4v) is 6.75. The number of carbonyl (C=O) groups excluding carboxylic acids is 1. The Hall–Kier alpha value is -2.42. The summed E-state index contributed by atoms with van der Waals surface area (Å²) >= 11 is 8.74. The van der Waals surface area contributed by atoms with Gasteiger partial charge >= 0.3 is 0 Å². The van der Waals surface area contributed by atoms with Crippen molar-refractivity contribution in [3.63, 3.8) is 0 Å². The first kappa shape index (κ1) is 26.2. The Morgan fingerprint density at radius 3 is 2.81 bits per heavy atom. The second kappa shape index (κ2) is 10.8. The summed E-state index contributed by atoms with van der Waals surface area (Å²) in [5.74, 6) is 2.55. The number of hydrogen-bond donors (Lipinski definition) is 1. The van der Waals surface area contributed by atoms with Crippen molar-refractivity contribution < 1.29 is 13.6 Å². The molecule has 1 aromatic carbocycles. The zero-order valence-electron chi connectivity index (χ0n) is 20.9. The smallest absolute Gasteiger partial charge is 0.255 e. The van der Waals surface area contributed by atoms with Crippen LogP contribution in [0.5, 0.6) is 0 Å². The van der Waals surface area contributed by atoms with Crippen molar-refractivity contribution in [2.24, 2.45) is 16.3 Å². The Morgan fingerprint density at radius 1 is 1.22 bits per heavy atom. The molecule has 8 heteroatoms. The molecule has 0 aliphatic heterocycles. The Labute approximate surface area is 237 Å². The van der Waals surface area contributed by atoms with Crippen molar-refractivity contribution in [1.29, 1.82) is 0 Å². The molecule has 1 N–H and O–H groups in total. The van der Waals surface area contributed by atoms with Gasteiger partial charge in [-0.1, -0.05) is 52.6 Å². The highest BCUT2D eigenvalue weighted by atomic mass is 79.9. The van der Waals surface area contributed by atoms with Crippen LogP contribution < -0.4 is 5.32 Å². The molecule has 4 aromatic rings. The van der Waals surface area contributed by atoms with E-state index in [1.165, 1.54) is 4.88 Å². The minimum atomic E-state index is -0.117. The summed E-state index contributed by atoms with van der Waals surface area (Å²) in [6.45, 7) is 7.23. The van der Waals surface area contributed by atoms with Gasteiger partial charge in [-0.2, -0.15) is 0 Å². The molecule has 1 aliphatic carbocycles. The van der Waals surface area contributed by atoms with Crippen molar-refractivity contribution in [1.82, 2.24) is 5.32 Å². The lowest BCUT2D eigenvalue weighted by molar-refractivity contribution is 0.0947. The Bertz CT molecular complexity index is 1440. The first-order valence-corrected chi connectivity index (χ1v) is 14.6. The number of nitrogens with one attached hydrogen (secondary N) is 1. The minimum absolute atomic E-state index is 0.117. The molecule has 37 heavy (non-hydrogen) atoms. The number of fused-ring (bicyclic) bond motifs is 1. The molecule has 3 aromatic heterocycles. The minimum Gasteiger partial charge on any atom is -0.467 e. The molecule has 0 saturated heterocycles. The van der Waals surface area contributed by atoms with E-state index >= 15 is 0 Å². The van der Waals surface area contributed by atoms with E-state index in [9.17, 15) is 4.79 Å². The predicted octanol–water partition coefficient (Wildman–Crippen LogP) is 8.96. The molecule has 5 nitrogen and oxygen atoms in total. The molecular weight excluding hydrogens is 616 g/mol. The highest BCUT2D eigenvalue weighted by Crippen LogP contribution is 2.45. The normalized spacial score (nSPS) is 15.8. The van der Waals surface area contributed by atoms with Gasteiger partial charge in [0, 0.05) is 19.4 Å². The maximum absolute atomic E-state index is 13.4. The summed E-state index contributed by atoms with van der Waals surface area (Å²) in [5.41, 5.74) is 2.98. The molecule has 0 spiro atoms. The zero-order chi connectivity index (χ0) is 26.2. The van der Waals surface area contributed by atoms with Gasteiger partial charge in [0.15, 0.2) is 0 Å². The lowest BCUT2D eigenvalue weighted by Gasteiger charge is -2.33. The molecule has 0 bridgehead atoms. The highest BCUT2D eigenvalue weighted by molar-refractivity contribution is 9.11. The quantitative estimate of drug-likeness (QED) is 0.213. The van der Waals surface area contributed by atoms with Gasteiger partial charge in [-0.25, -0.2) is 4.99 Å². The monoisotopic (exact) mass is 642 g/mol. The van der Waals surface area contributed by atoms with Crippen LogP contribution >= 0.6 is 43.2 Å². The summed E-state index contributed by atoms with van der Waals surface area (Å²) in [4.78, 5) is 19.4. The van der Waals surface area contributed by atoms with Crippen molar-refractivity contribution in [3.05, 3.63) is 85.2 Å². The molecule has 192 valence electrons. The van der Waals surface area contributed by atoms with E-state index in [2.05, 4.69) is 57.9 Å². The second-order valence-corrected chi connectivity index (χ2v) is 13.2. The number of rotatable bonds is 6. The van der Waals surface area contributed by atoms with Gasteiger partial charge in [0.25, 0.3) is 5.91 Å². The first-order valence-electron chi connectivity index (χ1n) is 12.2. The number of nitrogens with zero attached hydrogens (tertiary/aromatic N) is 1. The SMILES string of the molecule is CC(C)(C)[C@@H]1CCc2c(sc(N=Cc3ccc(-c4cc(Br)ccc4Br)o3)c2C(=O)NCc2ccco2)C1. The van der Waals surface area contributed by atoms with E-state index in [0.717, 1.165) is 55.9 Å². The van der Waals surface area contributed by atoms with Gasteiger partial charge in [0.05, 0.1) is 24.6 Å². The fraction of sp³-hybridized carbons (Fsp3) is 0.310. The maximum atomic E-state index is 13.4. The summed E-state index contributed by atoms with van der Waals surface area (Å²) in [6, 6.07) is 13.5. The molecule has 0 fully saturated rings. The third kappa shape index (κ3) is 5.86. The van der Waals surface area contributed by atoms with Crippen LogP contribution in [-0.4, -0.2) is 12.1 Å². The average Bonchev–Trinajstić information content (AvgIpc) is 3.61. The van der Waals surface area contributed by atoms with Crippen LogP contribution in [0.2, 0.25) is 0 Å². The fourth-order valence-electron chi connectivity index (χ4n) is 4.68. The Morgan fingerprint density at radius 2 is 2.05 bits per heavy atom. The third-order valence-corrected chi connectivity index (χ3v) is 9.18. The van der Waals surface area contributed by atoms with Gasteiger partial charge < -0.3 is 14.2 Å². The Balaban J connectivity index is 1.44. The number of carbonyl (C=O) groups is 1. The molecule has 5 rings (SSSR count). The second-order valence-electron chi connectivity index (χ2n) is 10.3. The van der Waals surface area contributed by atoms with E-state index in [0.29, 0.717) is 23.8 Å². The molecule has 0 radical (unpaired) electrons. The molecule has 0 unspecified atom stereocenters. The number of amides is 1. The van der Waals surface area contributed by atoms with Crippen molar-refractivity contribution >= 4 is 60.3 Å². The van der Waals surface area contributed by atoms with E-state index < -0.39 is 0 Å². The molecule has 1 aliphatic rings. The van der Waals surface area contributed by atoms with Crippen LogP contribution in [0.3, 0.4) is 0 Å². The van der Waals surface area contributed by atoms with E-state index in [4.69, 9.17) is 13.8 Å². The first-order chi connectivity index (χ1) is 17.7. The summed E-state index contributed by atoms with van der Waals surface area (Å²) < 4.78 is 13.4. The standard InChI is InChI=1S/C29H28Br2N2O3S/c1-29(2,3)17-6-9-21-25(13-17)37-28(26(21)27(34)32-15-19-5-4-12-35-19)33-16-20-8-11-24(36-20)22-14-18(30)7-10-23(22)31/h4-5,7-8,10-12,14,16-17H,6,9,13,15H2,1-3H3,(H,32,34)/t17-/m1/s1. The van der Waals surface area contributed by atoms with Crippen LogP contribution in [0.1, 0.15) is 59.5 Å². The predicted molar refractivity (Wildman–Crippen MR) is 156 cm³/mol. The number of hydrogen-bond acceptors (Lipinski definition) is 5. The van der Waals surface area contributed by atoms with E-state index in [1.807, 2.05) is 42.5 Å². The number of thiophene rings is 1. The third-order valence-electron chi connectivity index (χ3n) is 6.83.